The number of anilines is 1. The van der Waals surface area contributed by atoms with Crippen molar-refractivity contribution in [2.45, 2.75) is 31.7 Å². The number of halogens is 2. The molecule has 0 unspecified atom stereocenters. The van der Waals surface area contributed by atoms with Crippen LogP contribution in [0.2, 0.25) is 5.02 Å². The number of amides is 5. The summed E-state index contributed by atoms with van der Waals surface area (Å²) in [5.74, 6) is -3.05. The molecule has 3 aromatic rings. The Bertz CT molecular complexity index is 1590. The molecule has 5 amide bonds. The molecule has 1 saturated carbocycles. The zero-order valence-corrected chi connectivity index (χ0v) is 24.7. The third kappa shape index (κ3) is 6.96. The fourth-order valence-corrected chi connectivity index (χ4v) is 5.73. The first-order valence-electron chi connectivity index (χ1n) is 14.1. The quantitative estimate of drug-likeness (QED) is 0.218. The van der Waals surface area contributed by atoms with Gasteiger partial charge in [-0.3, -0.25) is 24.0 Å². The van der Waals surface area contributed by atoms with Crippen LogP contribution in [-0.2, 0) is 9.53 Å². The second-order valence-electron chi connectivity index (χ2n) is 11.3. The van der Waals surface area contributed by atoms with E-state index >= 15 is 0 Å². The highest BCUT2D eigenvalue weighted by Crippen LogP contribution is 2.38. The number of benzene rings is 1. The van der Waals surface area contributed by atoms with Gasteiger partial charge in [-0.2, -0.15) is 0 Å². The predicted molar refractivity (Wildman–Crippen MR) is 157 cm³/mol. The predicted octanol–water partition coefficient (Wildman–Crippen LogP) is 1.21. The average molecular weight is 644 g/mol. The summed E-state index contributed by atoms with van der Waals surface area (Å²) in [7, 11) is 0. The smallest absolute Gasteiger partial charge is 0.272 e. The molecule has 8 N–H and O–H groups in total. The van der Waals surface area contributed by atoms with Crippen molar-refractivity contribution in [1.82, 2.24) is 30.2 Å². The van der Waals surface area contributed by atoms with Gasteiger partial charge in [0.2, 0.25) is 5.91 Å². The van der Waals surface area contributed by atoms with Gasteiger partial charge in [-0.1, -0.05) is 11.6 Å². The molecule has 2 saturated heterocycles. The summed E-state index contributed by atoms with van der Waals surface area (Å²) in [5, 5.41) is 5.85. The molecule has 4 heterocycles. The summed E-state index contributed by atoms with van der Waals surface area (Å²) < 4.78 is 18.4. The van der Waals surface area contributed by atoms with Gasteiger partial charge < -0.3 is 41.7 Å². The number of rotatable bonds is 7. The number of ether oxygens (including phenoxy) is 1. The Morgan fingerprint density at radius 3 is 2.16 bits per heavy atom. The van der Waals surface area contributed by atoms with E-state index in [1.54, 1.807) is 4.90 Å². The van der Waals surface area contributed by atoms with Gasteiger partial charge in [0.05, 0.1) is 42.0 Å². The lowest BCUT2D eigenvalue weighted by molar-refractivity contribution is -0.176. The zero-order valence-electron chi connectivity index (χ0n) is 23.9. The SMILES string of the molecule is NC(=O)c1nc[nH]c1C(N)=O.O=C(NC1CCC(C(=O)Nc2ccc(F)cc2Cl)CC1)c1nc[nH]c1C(=O)N1CC2(COC2)C1. The molecule has 6 rings (SSSR count). The van der Waals surface area contributed by atoms with Gasteiger partial charge in [0.25, 0.3) is 23.6 Å². The number of carbonyl (C=O) groups is 5. The fourth-order valence-electron chi connectivity index (χ4n) is 5.52. The van der Waals surface area contributed by atoms with Crippen LogP contribution in [0.15, 0.2) is 30.9 Å². The van der Waals surface area contributed by atoms with Crippen molar-refractivity contribution >= 4 is 46.8 Å². The molecule has 45 heavy (non-hydrogen) atoms. The van der Waals surface area contributed by atoms with Crippen molar-refractivity contribution < 1.29 is 33.1 Å². The molecule has 15 nitrogen and oxygen atoms in total. The highest BCUT2D eigenvalue weighted by Gasteiger charge is 2.51. The van der Waals surface area contributed by atoms with E-state index in [4.69, 9.17) is 27.8 Å². The Kier molecular flexibility index (Phi) is 9.15. The molecule has 17 heteroatoms. The van der Waals surface area contributed by atoms with Crippen LogP contribution in [0, 0.1) is 17.2 Å². The molecule has 0 atom stereocenters. The Morgan fingerprint density at radius 2 is 1.60 bits per heavy atom. The molecular formula is C28H31ClFN9O6. The number of carbonyl (C=O) groups excluding carboxylic acids is 5. The molecule has 2 aromatic heterocycles. The van der Waals surface area contributed by atoms with Crippen molar-refractivity contribution in [3.05, 3.63) is 64.5 Å². The number of nitrogens with two attached hydrogens (primary N) is 2. The van der Waals surface area contributed by atoms with Crippen LogP contribution < -0.4 is 22.1 Å². The number of likely N-dealkylation sites (tertiary alicyclic amines) is 1. The molecule has 0 radical (unpaired) electrons. The molecule has 3 aliphatic rings. The van der Waals surface area contributed by atoms with Crippen LogP contribution in [0.25, 0.3) is 0 Å². The van der Waals surface area contributed by atoms with Crippen molar-refractivity contribution in [3.8, 4) is 0 Å². The largest absolute Gasteiger partial charge is 0.380 e. The minimum Gasteiger partial charge on any atom is -0.380 e. The van der Waals surface area contributed by atoms with Gasteiger partial charge in [0, 0.05) is 25.0 Å². The van der Waals surface area contributed by atoms with E-state index in [0.717, 1.165) is 6.07 Å². The Balaban J connectivity index is 0.000000309. The summed E-state index contributed by atoms with van der Waals surface area (Å²) in [5.41, 5.74) is 10.3. The third-order valence-electron chi connectivity index (χ3n) is 7.97. The van der Waals surface area contributed by atoms with Gasteiger partial charge in [0.1, 0.15) is 17.2 Å². The number of primary amides is 2. The number of aromatic amines is 2. The van der Waals surface area contributed by atoms with Gasteiger partial charge in [0.15, 0.2) is 11.4 Å². The number of nitrogens with one attached hydrogen (secondary N) is 4. The van der Waals surface area contributed by atoms with E-state index in [0.29, 0.717) is 57.7 Å². The lowest BCUT2D eigenvalue weighted by atomic mass is 9.78. The monoisotopic (exact) mass is 643 g/mol. The summed E-state index contributed by atoms with van der Waals surface area (Å²) in [6, 6.07) is 3.71. The first kappa shape index (κ1) is 31.6. The normalized spacial score (nSPS) is 19.7. The van der Waals surface area contributed by atoms with Crippen molar-refractivity contribution in [2.75, 3.05) is 31.6 Å². The van der Waals surface area contributed by atoms with Gasteiger partial charge in [-0.25, -0.2) is 14.4 Å². The molecule has 0 bridgehead atoms. The Labute approximate surface area is 260 Å². The van der Waals surface area contributed by atoms with Crippen LogP contribution in [-0.4, -0.2) is 86.7 Å². The fraction of sp³-hybridized carbons (Fsp3) is 0.393. The standard InChI is InChI=1S/C23H25ClFN5O4.C5H6N4O2/c24-16-7-14(25)3-6-17(16)29-20(31)13-1-4-15(5-2-13)28-21(32)18-19(27-12-26-18)22(33)30-8-23(9-30)10-34-11-23;6-4(10)2-3(5(7)11)9-1-8-2/h3,6-7,12-13,15H,1-2,4-5,8-11H2,(H,26,27)(H,28,32)(H,29,31);1H,(H2,6,10)(H2,7,11)(H,8,9). The number of imidazole rings is 2. The van der Waals surface area contributed by atoms with Crippen LogP contribution >= 0.6 is 11.6 Å². The molecule has 238 valence electrons. The summed E-state index contributed by atoms with van der Waals surface area (Å²) in [6.07, 6.45) is 4.93. The van der Waals surface area contributed by atoms with Crippen LogP contribution in [0.1, 0.15) is 67.6 Å². The first-order chi connectivity index (χ1) is 21.5. The van der Waals surface area contributed by atoms with E-state index in [2.05, 4.69) is 30.6 Å². The summed E-state index contributed by atoms with van der Waals surface area (Å²) in [6.45, 7) is 2.59. The van der Waals surface area contributed by atoms with E-state index < -0.39 is 23.5 Å². The maximum atomic E-state index is 13.2. The van der Waals surface area contributed by atoms with E-state index in [1.807, 2.05) is 0 Å². The number of hydrogen-bond donors (Lipinski definition) is 6. The van der Waals surface area contributed by atoms with Crippen molar-refractivity contribution in [3.63, 3.8) is 0 Å². The van der Waals surface area contributed by atoms with Gasteiger partial charge in [-0.15, -0.1) is 0 Å². The minimum absolute atomic E-state index is 0.0579. The zero-order chi connectivity index (χ0) is 32.3. The third-order valence-corrected chi connectivity index (χ3v) is 8.28. The maximum Gasteiger partial charge on any atom is 0.272 e. The van der Waals surface area contributed by atoms with Crippen LogP contribution in [0.5, 0.6) is 0 Å². The van der Waals surface area contributed by atoms with Crippen molar-refractivity contribution in [2.24, 2.45) is 22.8 Å². The average Bonchev–Trinajstić information content (AvgIpc) is 3.65. The first-order valence-corrected chi connectivity index (χ1v) is 14.4. The highest BCUT2D eigenvalue weighted by atomic mass is 35.5. The molecule has 2 aliphatic heterocycles. The van der Waals surface area contributed by atoms with Gasteiger partial charge >= 0.3 is 0 Å². The molecule has 1 aliphatic carbocycles. The van der Waals surface area contributed by atoms with E-state index in [9.17, 15) is 28.4 Å². The molecule has 1 spiro atoms. The summed E-state index contributed by atoms with van der Waals surface area (Å²) >= 11 is 5.99. The molecular weight excluding hydrogens is 613 g/mol. The van der Waals surface area contributed by atoms with Crippen molar-refractivity contribution in [1.29, 1.82) is 0 Å². The molecule has 1 aromatic carbocycles. The Hall–Kier alpha value is -4.83. The van der Waals surface area contributed by atoms with E-state index in [1.165, 1.54) is 24.8 Å². The Morgan fingerprint density at radius 1 is 0.956 bits per heavy atom. The number of nitrogens with zero attached hydrogens (tertiary/aromatic N) is 3. The van der Waals surface area contributed by atoms with Crippen LogP contribution in [0.3, 0.4) is 0 Å². The van der Waals surface area contributed by atoms with Crippen LogP contribution in [0.4, 0.5) is 10.1 Å². The molecule has 3 fully saturated rings. The highest BCUT2D eigenvalue weighted by molar-refractivity contribution is 6.33. The van der Waals surface area contributed by atoms with E-state index in [-0.39, 0.29) is 57.0 Å². The number of aromatic nitrogens is 4. The summed E-state index contributed by atoms with van der Waals surface area (Å²) in [4.78, 5) is 73.8. The maximum absolute atomic E-state index is 13.2. The lowest BCUT2D eigenvalue weighted by Gasteiger charge is -2.54. The topological polar surface area (TPSA) is 231 Å². The second kappa shape index (κ2) is 13.0. The lowest BCUT2D eigenvalue weighted by Crippen LogP contribution is -2.67. The van der Waals surface area contributed by atoms with Gasteiger partial charge in [-0.05, 0) is 43.9 Å². The second-order valence-corrected chi connectivity index (χ2v) is 11.7. The minimum atomic E-state index is -0.778. The number of H-pyrrole nitrogens is 2. The number of hydrogen-bond acceptors (Lipinski definition) is 8.